The minimum Gasteiger partial charge on any atom is -0.854 e. The molecule has 0 spiro atoms. The summed E-state index contributed by atoms with van der Waals surface area (Å²) in [6.45, 7) is 4.71. The maximum atomic E-state index is 10.1. The third-order valence-electron chi connectivity index (χ3n) is 4.00. The molecule has 0 fully saturated rings. The molecule has 0 amide bonds. The monoisotopic (exact) mass is 370 g/mol. The summed E-state index contributed by atoms with van der Waals surface area (Å²) in [7, 11) is 0. The second kappa shape index (κ2) is 30.3. The van der Waals surface area contributed by atoms with Crippen molar-refractivity contribution in [3.8, 4) is 0 Å². The fourth-order valence-corrected chi connectivity index (χ4v) is 2.47. The molecule has 2 nitrogen and oxygen atoms in total. The Morgan fingerprint density at radius 3 is 0.826 bits per heavy atom. The van der Waals surface area contributed by atoms with Crippen LogP contribution in [0.4, 0.5) is 0 Å². The summed E-state index contributed by atoms with van der Waals surface area (Å²) in [6.07, 6.45) is 20.2. The molecule has 0 rings (SSSR count). The first-order valence-electron chi connectivity index (χ1n) is 9.99. The van der Waals surface area contributed by atoms with Gasteiger partial charge in [0.05, 0.1) is 0 Å². The van der Waals surface area contributed by atoms with Crippen LogP contribution in [0.15, 0.2) is 0 Å². The van der Waals surface area contributed by atoms with Crippen molar-refractivity contribution in [1.29, 1.82) is 0 Å². The van der Waals surface area contributed by atoms with Gasteiger partial charge in [-0.25, -0.2) is 0 Å². The summed E-state index contributed by atoms with van der Waals surface area (Å²) >= 11 is 0. The van der Waals surface area contributed by atoms with Gasteiger partial charge in [0, 0.05) is 0 Å². The molecule has 142 valence electrons. The molecule has 0 aromatic heterocycles. The van der Waals surface area contributed by atoms with Gasteiger partial charge in [-0.15, -0.1) is 13.2 Å². The second-order valence-corrected chi connectivity index (χ2v) is 6.36. The first-order valence-corrected chi connectivity index (χ1v) is 9.99. The van der Waals surface area contributed by atoms with Gasteiger partial charge in [-0.05, 0) is 0 Å². The Morgan fingerprint density at radius 1 is 0.391 bits per heavy atom. The number of hydrogen-bond acceptors (Lipinski definition) is 2. The SMILES string of the molecule is CCCCCCCCCC[O-].CCCCCCCCCC[O-].[Fe+2]. The van der Waals surface area contributed by atoms with Crippen LogP contribution < -0.4 is 10.2 Å². The summed E-state index contributed by atoms with van der Waals surface area (Å²) in [5.74, 6) is 0. The van der Waals surface area contributed by atoms with Crippen LogP contribution in [0.2, 0.25) is 0 Å². The average molecular weight is 370 g/mol. The zero-order chi connectivity index (χ0) is 16.7. The average Bonchev–Trinajstić information content (AvgIpc) is 2.54. The zero-order valence-electron chi connectivity index (χ0n) is 15.9. The van der Waals surface area contributed by atoms with Gasteiger partial charge in [0.15, 0.2) is 0 Å². The molecule has 0 saturated carbocycles. The first kappa shape index (κ1) is 28.3. The van der Waals surface area contributed by atoms with Crippen LogP contribution in [0.1, 0.15) is 117 Å². The van der Waals surface area contributed by atoms with E-state index in [2.05, 4.69) is 13.8 Å². The second-order valence-electron chi connectivity index (χ2n) is 6.36. The third-order valence-corrected chi connectivity index (χ3v) is 4.00. The van der Waals surface area contributed by atoms with Crippen molar-refractivity contribution < 1.29 is 27.3 Å². The van der Waals surface area contributed by atoms with E-state index in [-0.39, 0.29) is 30.3 Å². The maximum absolute atomic E-state index is 10.1. The van der Waals surface area contributed by atoms with Crippen molar-refractivity contribution in [2.75, 3.05) is 13.2 Å². The van der Waals surface area contributed by atoms with Crippen molar-refractivity contribution >= 4 is 0 Å². The Balaban J connectivity index is -0.000000333. The Morgan fingerprint density at radius 2 is 0.609 bits per heavy atom. The van der Waals surface area contributed by atoms with Crippen molar-refractivity contribution in [3.05, 3.63) is 0 Å². The summed E-state index contributed by atoms with van der Waals surface area (Å²) in [5.41, 5.74) is 0. The number of rotatable bonds is 16. The van der Waals surface area contributed by atoms with Crippen molar-refractivity contribution in [2.45, 2.75) is 117 Å². The molecule has 0 aliphatic rings. The van der Waals surface area contributed by atoms with Crippen LogP contribution in [-0.2, 0) is 17.1 Å². The van der Waals surface area contributed by atoms with Gasteiger partial charge >= 0.3 is 17.1 Å². The van der Waals surface area contributed by atoms with Crippen LogP contribution in [-0.4, -0.2) is 13.2 Å². The van der Waals surface area contributed by atoms with E-state index in [0.717, 1.165) is 25.7 Å². The van der Waals surface area contributed by atoms with Crippen LogP contribution in [0.3, 0.4) is 0 Å². The molecule has 0 N–H and O–H groups in total. The van der Waals surface area contributed by atoms with Gasteiger partial charge in [0.2, 0.25) is 0 Å². The maximum Gasteiger partial charge on any atom is 2.00 e. The van der Waals surface area contributed by atoms with E-state index in [0.29, 0.717) is 0 Å². The van der Waals surface area contributed by atoms with E-state index in [1.54, 1.807) is 0 Å². The fourth-order valence-electron chi connectivity index (χ4n) is 2.47. The molecule has 23 heavy (non-hydrogen) atoms. The predicted octanol–water partition coefficient (Wildman–Crippen LogP) is 4.97. The van der Waals surface area contributed by atoms with Crippen LogP contribution >= 0.6 is 0 Å². The van der Waals surface area contributed by atoms with E-state index in [9.17, 15) is 10.2 Å². The first-order chi connectivity index (χ1) is 10.8. The molecule has 0 aliphatic heterocycles. The molecule has 0 aliphatic carbocycles. The van der Waals surface area contributed by atoms with Gasteiger partial charge in [0.25, 0.3) is 0 Å². The molecular weight excluding hydrogens is 328 g/mol. The van der Waals surface area contributed by atoms with Crippen molar-refractivity contribution in [3.63, 3.8) is 0 Å². The summed E-state index contributed by atoms with van der Waals surface area (Å²) in [6, 6.07) is 0. The smallest absolute Gasteiger partial charge is 0.854 e. The van der Waals surface area contributed by atoms with Gasteiger partial charge in [-0.1, -0.05) is 117 Å². The summed E-state index contributed by atoms with van der Waals surface area (Å²) in [5, 5.41) is 20.1. The van der Waals surface area contributed by atoms with E-state index < -0.39 is 0 Å². The Hall–Kier alpha value is 0.439. The molecule has 0 atom stereocenters. The molecule has 0 unspecified atom stereocenters. The molecule has 0 saturated heterocycles. The Labute approximate surface area is 157 Å². The van der Waals surface area contributed by atoms with Gasteiger partial charge < -0.3 is 10.2 Å². The summed E-state index contributed by atoms with van der Waals surface area (Å²) < 4.78 is 0. The molecular formula is C20H42FeO2. The third kappa shape index (κ3) is 34.7. The van der Waals surface area contributed by atoms with Gasteiger partial charge in [-0.3, -0.25) is 0 Å². The fraction of sp³-hybridized carbons (Fsp3) is 1.00. The number of unbranched alkanes of at least 4 members (excludes halogenated alkanes) is 14. The predicted molar refractivity (Wildman–Crippen MR) is 95.0 cm³/mol. The standard InChI is InChI=1S/2C10H21O.Fe/c2*1-2-3-4-5-6-7-8-9-10-11;/h2*2-10H2,1H3;/q2*-1;+2. The van der Waals surface area contributed by atoms with Crippen LogP contribution in [0.25, 0.3) is 0 Å². The quantitative estimate of drug-likeness (QED) is 0.284. The molecule has 0 aromatic rings. The summed E-state index contributed by atoms with van der Waals surface area (Å²) in [4.78, 5) is 0. The van der Waals surface area contributed by atoms with Gasteiger partial charge in [0.1, 0.15) is 0 Å². The van der Waals surface area contributed by atoms with Crippen molar-refractivity contribution in [1.82, 2.24) is 0 Å². The van der Waals surface area contributed by atoms with Gasteiger partial charge in [-0.2, -0.15) is 0 Å². The van der Waals surface area contributed by atoms with E-state index in [4.69, 9.17) is 0 Å². The molecule has 0 radical (unpaired) electrons. The molecule has 0 aromatic carbocycles. The Bertz CT molecular complexity index is 132. The van der Waals surface area contributed by atoms with E-state index >= 15 is 0 Å². The van der Waals surface area contributed by atoms with E-state index in [1.807, 2.05) is 0 Å². The zero-order valence-corrected chi connectivity index (χ0v) is 17.0. The molecule has 0 bridgehead atoms. The molecule has 3 heteroatoms. The van der Waals surface area contributed by atoms with Crippen LogP contribution in [0.5, 0.6) is 0 Å². The molecule has 0 heterocycles. The Kier molecular flexibility index (Phi) is 37.3. The van der Waals surface area contributed by atoms with Crippen molar-refractivity contribution in [2.24, 2.45) is 0 Å². The van der Waals surface area contributed by atoms with E-state index in [1.165, 1.54) is 77.0 Å². The minimum absolute atomic E-state index is 0. The normalized spacial score (nSPS) is 9.91. The largest absolute Gasteiger partial charge is 2.00 e. The number of hydrogen-bond donors (Lipinski definition) is 0. The van der Waals surface area contributed by atoms with Crippen LogP contribution in [0, 0.1) is 0 Å². The topological polar surface area (TPSA) is 46.1 Å². The minimum atomic E-state index is 0.